The Bertz CT molecular complexity index is 271. The number of rotatable bonds is 8. The van der Waals surface area contributed by atoms with Crippen molar-refractivity contribution in [3.05, 3.63) is 0 Å². The predicted octanol–water partition coefficient (Wildman–Crippen LogP) is 2.00. The van der Waals surface area contributed by atoms with E-state index in [9.17, 15) is 4.79 Å². The lowest BCUT2D eigenvalue weighted by Gasteiger charge is -2.35. The highest BCUT2D eigenvalue weighted by Crippen LogP contribution is 2.21. The fourth-order valence-corrected chi connectivity index (χ4v) is 2.96. The maximum absolute atomic E-state index is 12.3. The van der Waals surface area contributed by atoms with Gasteiger partial charge in [0, 0.05) is 6.04 Å². The lowest BCUT2D eigenvalue weighted by atomic mass is 9.92. The SMILES string of the molecule is CCC(CC)NC(=O)C(C)N1CCC(CCNC)CC1. The molecule has 1 saturated heterocycles. The summed E-state index contributed by atoms with van der Waals surface area (Å²) in [4.78, 5) is 14.6. The molecule has 0 bridgehead atoms. The van der Waals surface area contributed by atoms with Crippen LogP contribution in [0.1, 0.15) is 52.9 Å². The number of likely N-dealkylation sites (tertiary alicyclic amines) is 1. The number of piperidine rings is 1. The average molecular weight is 283 g/mol. The van der Waals surface area contributed by atoms with E-state index in [0.717, 1.165) is 38.4 Å². The Balaban J connectivity index is 2.34. The molecule has 4 nitrogen and oxygen atoms in total. The summed E-state index contributed by atoms with van der Waals surface area (Å²) < 4.78 is 0. The highest BCUT2D eigenvalue weighted by molar-refractivity contribution is 5.81. The van der Waals surface area contributed by atoms with Crippen LogP contribution in [0, 0.1) is 5.92 Å². The first-order chi connectivity index (χ1) is 9.62. The number of amides is 1. The molecule has 0 aromatic carbocycles. The van der Waals surface area contributed by atoms with Crippen LogP contribution < -0.4 is 10.6 Å². The first-order valence-corrected chi connectivity index (χ1v) is 8.31. The van der Waals surface area contributed by atoms with Gasteiger partial charge in [0.05, 0.1) is 6.04 Å². The Labute approximate surface area is 124 Å². The van der Waals surface area contributed by atoms with Crippen LogP contribution >= 0.6 is 0 Å². The molecule has 118 valence electrons. The molecule has 0 saturated carbocycles. The molecule has 0 aliphatic carbocycles. The molecular weight excluding hydrogens is 250 g/mol. The second kappa shape index (κ2) is 9.35. The molecule has 1 atom stereocenters. The maximum Gasteiger partial charge on any atom is 0.237 e. The van der Waals surface area contributed by atoms with E-state index in [-0.39, 0.29) is 11.9 Å². The van der Waals surface area contributed by atoms with E-state index in [1.807, 2.05) is 14.0 Å². The van der Waals surface area contributed by atoms with Crippen LogP contribution in [-0.4, -0.2) is 49.6 Å². The molecule has 1 aliphatic heterocycles. The van der Waals surface area contributed by atoms with Gasteiger partial charge in [-0.2, -0.15) is 0 Å². The number of carbonyl (C=O) groups excluding carboxylic acids is 1. The lowest BCUT2D eigenvalue weighted by molar-refractivity contribution is -0.127. The zero-order chi connectivity index (χ0) is 15.0. The summed E-state index contributed by atoms with van der Waals surface area (Å²) in [5.74, 6) is 1.03. The van der Waals surface area contributed by atoms with Crippen molar-refractivity contribution in [3.8, 4) is 0 Å². The Hall–Kier alpha value is -0.610. The van der Waals surface area contributed by atoms with E-state index in [4.69, 9.17) is 0 Å². The molecule has 1 heterocycles. The molecule has 1 fully saturated rings. The second-order valence-corrected chi connectivity index (χ2v) is 6.07. The minimum absolute atomic E-state index is 0.0147. The van der Waals surface area contributed by atoms with Gasteiger partial charge in [0.15, 0.2) is 0 Å². The molecular formula is C16H33N3O. The standard InChI is InChI=1S/C16H33N3O/c1-5-15(6-2)18-16(20)13(3)19-11-8-14(9-12-19)7-10-17-4/h13-15,17H,5-12H2,1-4H3,(H,18,20). The number of hydrogen-bond donors (Lipinski definition) is 2. The first kappa shape index (κ1) is 17.4. The Morgan fingerprint density at radius 1 is 1.25 bits per heavy atom. The molecule has 1 rings (SSSR count). The van der Waals surface area contributed by atoms with Crippen LogP contribution in [-0.2, 0) is 4.79 Å². The van der Waals surface area contributed by atoms with Crippen LogP contribution in [0.2, 0.25) is 0 Å². The minimum Gasteiger partial charge on any atom is -0.352 e. The summed E-state index contributed by atoms with van der Waals surface area (Å²) in [5.41, 5.74) is 0. The highest BCUT2D eigenvalue weighted by atomic mass is 16.2. The third-order valence-corrected chi connectivity index (χ3v) is 4.71. The van der Waals surface area contributed by atoms with Crippen molar-refractivity contribution in [2.24, 2.45) is 5.92 Å². The van der Waals surface area contributed by atoms with Crippen LogP contribution in [0.5, 0.6) is 0 Å². The van der Waals surface area contributed by atoms with Gasteiger partial charge in [-0.05, 0) is 71.6 Å². The van der Waals surface area contributed by atoms with Crippen LogP contribution in [0.25, 0.3) is 0 Å². The minimum atomic E-state index is 0.0147. The maximum atomic E-state index is 12.3. The molecule has 1 unspecified atom stereocenters. The quantitative estimate of drug-likeness (QED) is 0.716. The van der Waals surface area contributed by atoms with Gasteiger partial charge in [-0.15, -0.1) is 0 Å². The molecule has 2 N–H and O–H groups in total. The highest BCUT2D eigenvalue weighted by Gasteiger charge is 2.26. The van der Waals surface area contributed by atoms with Gasteiger partial charge < -0.3 is 10.6 Å². The first-order valence-electron chi connectivity index (χ1n) is 8.31. The number of nitrogens with zero attached hydrogens (tertiary/aromatic N) is 1. The Morgan fingerprint density at radius 3 is 2.35 bits per heavy atom. The number of carbonyl (C=O) groups is 1. The van der Waals surface area contributed by atoms with Gasteiger partial charge in [-0.3, -0.25) is 9.69 Å². The van der Waals surface area contributed by atoms with E-state index in [2.05, 4.69) is 29.4 Å². The lowest BCUT2D eigenvalue weighted by Crippen LogP contribution is -2.50. The fourth-order valence-electron chi connectivity index (χ4n) is 2.96. The zero-order valence-corrected chi connectivity index (χ0v) is 13.7. The van der Waals surface area contributed by atoms with Crippen molar-refractivity contribution in [2.75, 3.05) is 26.7 Å². The van der Waals surface area contributed by atoms with Crippen molar-refractivity contribution in [1.82, 2.24) is 15.5 Å². The van der Waals surface area contributed by atoms with Gasteiger partial charge in [-0.25, -0.2) is 0 Å². The van der Waals surface area contributed by atoms with Crippen molar-refractivity contribution in [3.63, 3.8) is 0 Å². The van der Waals surface area contributed by atoms with Gasteiger partial charge in [0.1, 0.15) is 0 Å². The zero-order valence-electron chi connectivity index (χ0n) is 13.7. The molecule has 1 amide bonds. The largest absolute Gasteiger partial charge is 0.352 e. The molecule has 20 heavy (non-hydrogen) atoms. The summed E-state index contributed by atoms with van der Waals surface area (Å²) in [6, 6.07) is 0.346. The summed E-state index contributed by atoms with van der Waals surface area (Å²) >= 11 is 0. The van der Waals surface area contributed by atoms with Gasteiger partial charge in [0.2, 0.25) is 5.91 Å². The van der Waals surface area contributed by atoms with Crippen LogP contribution in [0.4, 0.5) is 0 Å². The number of hydrogen-bond acceptors (Lipinski definition) is 3. The van der Waals surface area contributed by atoms with Gasteiger partial charge in [0.25, 0.3) is 0 Å². The molecule has 4 heteroatoms. The molecule has 0 radical (unpaired) electrons. The topological polar surface area (TPSA) is 44.4 Å². The van der Waals surface area contributed by atoms with Gasteiger partial charge >= 0.3 is 0 Å². The molecule has 0 aromatic rings. The van der Waals surface area contributed by atoms with Crippen molar-refractivity contribution >= 4 is 5.91 Å². The molecule has 1 aliphatic rings. The Morgan fingerprint density at radius 2 is 1.85 bits per heavy atom. The van der Waals surface area contributed by atoms with E-state index in [1.165, 1.54) is 19.3 Å². The fraction of sp³-hybridized carbons (Fsp3) is 0.938. The summed E-state index contributed by atoms with van der Waals surface area (Å²) in [7, 11) is 2.01. The van der Waals surface area contributed by atoms with Crippen molar-refractivity contribution < 1.29 is 4.79 Å². The van der Waals surface area contributed by atoms with E-state index in [1.54, 1.807) is 0 Å². The van der Waals surface area contributed by atoms with E-state index in [0.29, 0.717) is 6.04 Å². The molecule has 0 aromatic heterocycles. The number of nitrogens with one attached hydrogen (secondary N) is 2. The van der Waals surface area contributed by atoms with Crippen molar-refractivity contribution in [2.45, 2.75) is 65.0 Å². The second-order valence-electron chi connectivity index (χ2n) is 6.07. The van der Waals surface area contributed by atoms with E-state index >= 15 is 0 Å². The van der Waals surface area contributed by atoms with Gasteiger partial charge in [-0.1, -0.05) is 13.8 Å². The van der Waals surface area contributed by atoms with E-state index < -0.39 is 0 Å². The van der Waals surface area contributed by atoms with Crippen molar-refractivity contribution in [1.29, 1.82) is 0 Å². The van der Waals surface area contributed by atoms with Crippen LogP contribution in [0.3, 0.4) is 0 Å². The average Bonchev–Trinajstić information content (AvgIpc) is 2.50. The molecule has 0 spiro atoms. The third kappa shape index (κ3) is 5.41. The third-order valence-electron chi connectivity index (χ3n) is 4.71. The predicted molar refractivity (Wildman–Crippen MR) is 84.8 cm³/mol. The Kier molecular flexibility index (Phi) is 8.15. The van der Waals surface area contributed by atoms with Crippen LogP contribution in [0.15, 0.2) is 0 Å². The monoisotopic (exact) mass is 283 g/mol. The summed E-state index contributed by atoms with van der Waals surface area (Å²) in [6.07, 6.45) is 5.75. The smallest absolute Gasteiger partial charge is 0.237 e. The summed E-state index contributed by atoms with van der Waals surface area (Å²) in [5, 5.41) is 6.39. The normalized spacial score (nSPS) is 19.2. The summed E-state index contributed by atoms with van der Waals surface area (Å²) in [6.45, 7) is 9.54.